The molecule has 0 saturated carbocycles. The summed E-state index contributed by atoms with van der Waals surface area (Å²) in [5, 5.41) is 3.59. The van der Waals surface area contributed by atoms with Gasteiger partial charge in [-0.3, -0.25) is 4.79 Å². The summed E-state index contributed by atoms with van der Waals surface area (Å²) in [6, 6.07) is 8.03. The van der Waals surface area contributed by atoms with Gasteiger partial charge in [-0.05, 0) is 30.5 Å². The minimum atomic E-state index is 0.0882. The number of carbonyl (C=O) groups is 1. The van der Waals surface area contributed by atoms with Gasteiger partial charge in [-0.15, -0.1) is 0 Å². The van der Waals surface area contributed by atoms with E-state index in [-0.39, 0.29) is 5.91 Å². The summed E-state index contributed by atoms with van der Waals surface area (Å²) in [6.45, 7) is 3.50. The van der Waals surface area contributed by atoms with E-state index in [0.717, 1.165) is 25.2 Å². The van der Waals surface area contributed by atoms with E-state index in [4.69, 9.17) is 4.74 Å². The second-order valence-electron chi connectivity index (χ2n) is 4.03. The standard InChI is InChI=1S/C14H20BrNO2/c1-2-10-18-13-5-3-4-12(11-13)7-9-16-14(17)6-8-15/h3-5,11H,2,6-10H2,1H3,(H,16,17). The van der Waals surface area contributed by atoms with Crippen molar-refractivity contribution in [2.75, 3.05) is 18.5 Å². The molecule has 1 rings (SSSR count). The molecule has 0 atom stereocenters. The fourth-order valence-corrected chi connectivity index (χ4v) is 1.89. The zero-order valence-electron chi connectivity index (χ0n) is 10.7. The van der Waals surface area contributed by atoms with Crippen LogP contribution in [0.25, 0.3) is 0 Å². The molecule has 0 fully saturated rings. The molecule has 0 saturated heterocycles. The molecule has 0 aliphatic rings. The first-order valence-electron chi connectivity index (χ1n) is 6.30. The van der Waals surface area contributed by atoms with Crippen LogP contribution in [0.2, 0.25) is 0 Å². The highest BCUT2D eigenvalue weighted by atomic mass is 79.9. The predicted molar refractivity (Wildman–Crippen MR) is 77.4 cm³/mol. The van der Waals surface area contributed by atoms with Gasteiger partial charge < -0.3 is 10.1 Å². The number of amides is 1. The van der Waals surface area contributed by atoms with Crippen LogP contribution in [-0.4, -0.2) is 24.4 Å². The second-order valence-corrected chi connectivity index (χ2v) is 4.83. The topological polar surface area (TPSA) is 38.3 Å². The fourth-order valence-electron chi connectivity index (χ4n) is 1.53. The summed E-state index contributed by atoms with van der Waals surface area (Å²) >= 11 is 3.24. The SMILES string of the molecule is CCCOc1cccc(CCNC(=O)CCBr)c1. The Balaban J connectivity index is 2.35. The van der Waals surface area contributed by atoms with Crippen LogP contribution >= 0.6 is 15.9 Å². The molecule has 1 amide bonds. The third-order valence-electron chi connectivity index (χ3n) is 2.43. The van der Waals surface area contributed by atoms with Gasteiger partial charge in [-0.1, -0.05) is 35.0 Å². The van der Waals surface area contributed by atoms with Crippen molar-refractivity contribution in [3.63, 3.8) is 0 Å². The molecule has 0 unspecified atom stereocenters. The van der Waals surface area contributed by atoms with Crippen molar-refractivity contribution in [1.82, 2.24) is 5.32 Å². The number of benzene rings is 1. The van der Waals surface area contributed by atoms with Crippen LogP contribution in [0.4, 0.5) is 0 Å². The maximum Gasteiger partial charge on any atom is 0.220 e. The number of hydrogen-bond donors (Lipinski definition) is 1. The quantitative estimate of drug-likeness (QED) is 0.749. The Hall–Kier alpha value is -1.03. The molecule has 0 radical (unpaired) electrons. The van der Waals surface area contributed by atoms with E-state index < -0.39 is 0 Å². The van der Waals surface area contributed by atoms with Crippen molar-refractivity contribution in [3.05, 3.63) is 29.8 Å². The van der Waals surface area contributed by atoms with Crippen LogP contribution in [0.15, 0.2) is 24.3 Å². The van der Waals surface area contributed by atoms with Crippen LogP contribution in [0.1, 0.15) is 25.3 Å². The Morgan fingerprint density at radius 3 is 3.00 bits per heavy atom. The summed E-state index contributed by atoms with van der Waals surface area (Å²) in [7, 11) is 0. The lowest BCUT2D eigenvalue weighted by atomic mass is 10.1. The van der Waals surface area contributed by atoms with Crippen LogP contribution in [0.3, 0.4) is 0 Å². The van der Waals surface area contributed by atoms with Crippen LogP contribution in [-0.2, 0) is 11.2 Å². The number of hydrogen-bond acceptors (Lipinski definition) is 2. The molecule has 0 heterocycles. The van der Waals surface area contributed by atoms with Crippen molar-refractivity contribution < 1.29 is 9.53 Å². The van der Waals surface area contributed by atoms with Crippen molar-refractivity contribution in [3.8, 4) is 5.75 Å². The van der Waals surface area contributed by atoms with Gasteiger partial charge in [0.05, 0.1) is 6.61 Å². The van der Waals surface area contributed by atoms with Crippen LogP contribution in [0.5, 0.6) is 5.75 Å². The molecule has 0 aromatic heterocycles. The first kappa shape index (κ1) is 15.0. The van der Waals surface area contributed by atoms with Gasteiger partial charge in [-0.2, -0.15) is 0 Å². The van der Waals surface area contributed by atoms with Crippen molar-refractivity contribution in [2.45, 2.75) is 26.2 Å². The molecule has 100 valence electrons. The zero-order chi connectivity index (χ0) is 13.2. The van der Waals surface area contributed by atoms with E-state index in [0.29, 0.717) is 18.3 Å². The molecule has 18 heavy (non-hydrogen) atoms. The number of nitrogens with one attached hydrogen (secondary N) is 1. The molecule has 0 spiro atoms. The Labute approximate surface area is 117 Å². The molecule has 1 N–H and O–H groups in total. The third kappa shape index (κ3) is 6.05. The fraction of sp³-hybridized carbons (Fsp3) is 0.500. The number of alkyl halides is 1. The highest BCUT2D eigenvalue weighted by Gasteiger charge is 2.00. The predicted octanol–water partition coefficient (Wildman–Crippen LogP) is 2.92. The number of halogens is 1. The van der Waals surface area contributed by atoms with Gasteiger partial charge >= 0.3 is 0 Å². The van der Waals surface area contributed by atoms with Crippen LogP contribution in [0, 0.1) is 0 Å². The van der Waals surface area contributed by atoms with Crippen molar-refractivity contribution in [1.29, 1.82) is 0 Å². The van der Waals surface area contributed by atoms with E-state index in [2.05, 4.69) is 34.2 Å². The van der Waals surface area contributed by atoms with E-state index >= 15 is 0 Å². The Kier molecular flexibility index (Phi) is 7.49. The number of carbonyl (C=O) groups excluding carboxylic acids is 1. The molecule has 4 heteroatoms. The average molecular weight is 314 g/mol. The average Bonchev–Trinajstić information content (AvgIpc) is 2.37. The monoisotopic (exact) mass is 313 g/mol. The maximum atomic E-state index is 11.3. The third-order valence-corrected chi connectivity index (χ3v) is 2.83. The van der Waals surface area contributed by atoms with Crippen molar-refractivity contribution in [2.24, 2.45) is 0 Å². The molecule has 3 nitrogen and oxygen atoms in total. The second kappa shape index (κ2) is 8.97. The van der Waals surface area contributed by atoms with Gasteiger partial charge in [0.25, 0.3) is 0 Å². The van der Waals surface area contributed by atoms with Gasteiger partial charge in [0.1, 0.15) is 5.75 Å². The highest BCUT2D eigenvalue weighted by molar-refractivity contribution is 9.09. The van der Waals surface area contributed by atoms with Crippen molar-refractivity contribution >= 4 is 21.8 Å². The first-order valence-corrected chi connectivity index (χ1v) is 7.42. The van der Waals surface area contributed by atoms with Gasteiger partial charge in [0, 0.05) is 18.3 Å². The van der Waals surface area contributed by atoms with E-state index in [9.17, 15) is 4.79 Å². The smallest absolute Gasteiger partial charge is 0.220 e. The summed E-state index contributed by atoms with van der Waals surface area (Å²) in [5.74, 6) is 0.992. The first-order chi connectivity index (χ1) is 8.76. The summed E-state index contributed by atoms with van der Waals surface area (Å²) in [4.78, 5) is 11.3. The van der Waals surface area contributed by atoms with Gasteiger partial charge in [0.15, 0.2) is 0 Å². The summed E-state index contributed by atoms with van der Waals surface area (Å²) < 4.78 is 5.57. The lowest BCUT2D eigenvalue weighted by Gasteiger charge is -2.07. The molecule has 0 aliphatic heterocycles. The van der Waals surface area contributed by atoms with E-state index in [1.807, 2.05) is 18.2 Å². The summed E-state index contributed by atoms with van der Waals surface area (Å²) in [5.41, 5.74) is 1.18. The molecule has 0 bridgehead atoms. The maximum absolute atomic E-state index is 11.3. The number of ether oxygens (including phenoxy) is 1. The van der Waals surface area contributed by atoms with Gasteiger partial charge in [-0.25, -0.2) is 0 Å². The molecular weight excluding hydrogens is 294 g/mol. The molecule has 1 aromatic rings. The Morgan fingerprint density at radius 2 is 2.28 bits per heavy atom. The normalized spacial score (nSPS) is 10.1. The molecule has 0 aliphatic carbocycles. The largest absolute Gasteiger partial charge is 0.494 e. The zero-order valence-corrected chi connectivity index (χ0v) is 12.3. The molecule has 1 aromatic carbocycles. The minimum Gasteiger partial charge on any atom is -0.494 e. The van der Waals surface area contributed by atoms with E-state index in [1.165, 1.54) is 5.56 Å². The lowest BCUT2D eigenvalue weighted by molar-refractivity contribution is -0.120. The Morgan fingerprint density at radius 1 is 1.44 bits per heavy atom. The summed E-state index contributed by atoms with van der Waals surface area (Å²) in [6.07, 6.45) is 2.36. The van der Waals surface area contributed by atoms with E-state index in [1.54, 1.807) is 0 Å². The highest BCUT2D eigenvalue weighted by Crippen LogP contribution is 2.13. The minimum absolute atomic E-state index is 0.0882. The van der Waals surface area contributed by atoms with Gasteiger partial charge in [0.2, 0.25) is 5.91 Å². The number of rotatable bonds is 8. The lowest BCUT2D eigenvalue weighted by Crippen LogP contribution is -2.25. The molecular formula is C14H20BrNO2. The Bertz CT molecular complexity index is 369. The van der Waals surface area contributed by atoms with Crippen LogP contribution < -0.4 is 10.1 Å².